The SMILES string of the molecule is COc1ccc(-c2cnc3[nH]cc(-c4cnn(Cc5ccccc5C(F)(F)F)c4)c3c2)cc1OC. The van der Waals surface area contributed by atoms with E-state index in [9.17, 15) is 13.2 Å². The lowest BCUT2D eigenvalue weighted by atomic mass is 10.0. The molecule has 0 aliphatic heterocycles. The Morgan fingerprint density at radius 1 is 0.914 bits per heavy atom. The van der Waals surface area contributed by atoms with Crippen LogP contribution in [0.25, 0.3) is 33.3 Å². The largest absolute Gasteiger partial charge is 0.493 e. The van der Waals surface area contributed by atoms with E-state index in [0.29, 0.717) is 17.1 Å². The molecule has 178 valence electrons. The van der Waals surface area contributed by atoms with Crippen molar-refractivity contribution < 1.29 is 22.6 Å². The van der Waals surface area contributed by atoms with Gasteiger partial charge in [-0.15, -0.1) is 0 Å². The minimum atomic E-state index is -4.42. The quantitative estimate of drug-likeness (QED) is 0.317. The number of nitrogens with one attached hydrogen (secondary N) is 1. The van der Waals surface area contributed by atoms with Crippen LogP contribution in [0, 0.1) is 0 Å². The Morgan fingerprint density at radius 2 is 1.71 bits per heavy atom. The van der Waals surface area contributed by atoms with Crippen LogP contribution in [-0.2, 0) is 12.7 Å². The molecule has 0 spiro atoms. The molecule has 2 aromatic carbocycles. The maximum absolute atomic E-state index is 13.4. The Morgan fingerprint density at radius 3 is 2.49 bits per heavy atom. The van der Waals surface area contributed by atoms with Crippen LogP contribution >= 0.6 is 0 Å². The van der Waals surface area contributed by atoms with Crippen molar-refractivity contribution in [3.05, 3.63) is 84.4 Å². The van der Waals surface area contributed by atoms with Crippen LogP contribution in [-0.4, -0.2) is 34.0 Å². The fraction of sp³-hybridized carbons (Fsp3) is 0.154. The second-order valence-electron chi connectivity index (χ2n) is 7.97. The molecule has 0 aliphatic carbocycles. The maximum Gasteiger partial charge on any atom is 0.416 e. The van der Waals surface area contributed by atoms with Crippen LogP contribution in [0.5, 0.6) is 11.5 Å². The van der Waals surface area contributed by atoms with E-state index in [4.69, 9.17) is 9.47 Å². The number of H-pyrrole nitrogens is 1. The van der Waals surface area contributed by atoms with Crippen molar-refractivity contribution in [3.8, 4) is 33.8 Å². The third-order valence-corrected chi connectivity index (χ3v) is 5.85. The van der Waals surface area contributed by atoms with Crippen molar-refractivity contribution in [2.45, 2.75) is 12.7 Å². The van der Waals surface area contributed by atoms with Gasteiger partial charge < -0.3 is 14.5 Å². The Hall–Kier alpha value is -4.27. The highest BCUT2D eigenvalue weighted by molar-refractivity contribution is 5.95. The number of aromatic nitrogens is 4. The first-order valence-electron chi connectivity index (χ1n) is 10.7. The van der Waals surface area contributed by atoms with E-state index in [1.54, 1.807) is 38.9 Å². The summed E-state index contributed by atoms with van der Waals surface area (Å²) in [5, 5.41) is 5.17. The Labute approximate surface area is 199 Å². The van der Waals surface area contributed by atoms with Gasteiger partial charge in [-0.3, -0.25) is 4.68 Å². The molecule has 0 radical (unpaired) electrons. The van der Waals surface area contributed by atoms with E-state index in [1.165, 1.54) is 16.8 Å². The van der Waals surface area contributed by atoms with Gasteiger partial charge in [0.2, 0.25) is 0 Å². The van der Waals surface area contributed by atoms with Gasteiger partial charge >= 0.3 is 6.18 Å². The van der Waals surface area contributed by atoms with E-state index >= 15 is 0 Å². The zero-order valence-electron chi connectivity index (χ0n) is 18.9. The minimum Gasteiger partial charge on any atom is -0.493 e. The van der Waals surface area contributed by atoms with E-state index in [2.05, 4.69) is 15.1 Å². The lowest BCUT2D eigenvalue weighted by Crippen LogP contribution is -2.11. The van der Waals surface area contributed by atoms with Gasteiger partial charge in [-0.25, -0.2) is 4.98 Å². The molecular weight excluding hydrogens is 457 g/mol. The summed E-state index contributed by atoms with van der Waals surface area (Å²) >= 11 is 0. The fourth-order valence-electron chi connectivity index (χ4n) is 4.11. The van der Waals surface area contributed by atoms with Gasteiger partial charge in [0.05, 0.1) is 32.5 Å². The number of ether oxygens (including phenoxy) is 2. The van der Waals surface area contributed by atoms with Crippen LogP contribution in [0.15, 0.2) is 73.3 Å². The summed E-state index contributed by atoms with van der Waals surface area (Å²) in [4.78, 5) is 7.69. The zero-order valence-corrected chi connectivity index (χ0v) is 18.9. The van der Waals surface area contributed by atoms with Gasteiger partial charge in [0, 0.05) is 40.7 Å². The molecule has 0 aliphatic rings. The number of alkyl halides is 3. The monoisotopic (exact) mass is 478 g/mol. The minimum absolute atomic E-state index is 0.00712. The second kappa shape index (κ2) is 8.83. The summed E-state index contributed by atoms with van der Waals surface area (Å²) in [7, 11) is 3.16. The van der Waals surface area contributed by atoms with Crippen LogP contribution in [0.1, 0.15) is 11.1 Å². The molecule has 35 heavy (non-hydrogen) atoms. The molecule has 5 aromatic rings. The van der Waals surface area contributed by atoms with Crippen LogP contribution in [0.3, 0.4) is 0 Å². The van der Waals surface area contributed by atoms with Crippen LogP contribution in [0.4, 0.5) is 13.2 Å². The number of rotatable bonds is 6. The molecule has 0 bridgehead atoms. The summed E-state index contributed by atoms with van der Waals surface area (Å²) in [5.74, 6) is 1.24. The topological polar surface area (TPSA) is 65.0 Å². The molecule has 5 rings (SSSR count). The lowest BCUT2D eigenvalue weighted by Gasteiger charge is -2.12. The number of methoxy groups -OCH3 is 2. The summed E-state index contributed by atoms with van der Waals surface area (Å²) in [6.07, 6.45) is 2.54. The summed E-state index contributed by atoms with van der Waals surface area (Å²) in [6.45, 7) is 0.00712. The first kappa shape index (κ1) is 22.5. The number of hydrogen-bond acceptors (Lipinski definition) is 4. The molecule has 0 unspecified atom stereocenters. The molecule has 0 saturated carbocycles. The van der Waals surface area contributed by atoms with Crippen molar-refractivity contribution in [2.24, 2.45) is 0 Å². The number of benzene rings is 2. The molecule has 9 heteroatoms. The van der Waals surface area contributed by atoms with Crippen molar-refractivity contribution in [2.75, 3.05) is 14.2 Å². The number of nitrogens with zero attached hydrogens (tertiary/aromatic N) is 3. The molecule has 0 atom stereocenters. The Kier molecular flexibility index (Phi) is 5.68. The van der Waals surface area contributed by atoms with Gasteiger partial charge in [0.1, 0.15) is 5.65 Å². The lowest BCUT2D eigenvalue weighted by molar-refractivity contribution is -0.138. The molecular formula is C26H21F3N4O2. The maximum atomic E-state index is 13.4. The molecule has 0 saturated heterocycles. The normalized spacial score (nSPS) is 11.7. The van der Waals surface area contributed by atoms with E-state index in [1.807, 2.05) is 30.5 Å². The average molecular weight is 478 g/mol. The predicted octanol–water partition coefficient (Wildman–Crippen LogP) is 6.18. The molecule has 6 nitrogen and oxygen atoms in total. The van der Waals surface area contributed by atoms with Gasteiger partial charge in [0.25, 0.3) is 0 Å². The Balaban J connectivity index is 1.48. The van der Waals surface area contributed by atoms with Crippen LogP contribution < -0.4 is 9.47 Å². The summed E-state index contributed by atoms with van der Waals surface area (Å²) in [6, 6.07) is 13.2. The zero-order chi connectivity index (χ0) is 24.6. The van der Waals surface area contributed by atoms with Crippen molar-refractivity contribution in [1.82, 2.24) is 19.7 Å². The number of pyridine rings is 1. The van der Waals surface area contributed by atoms with Crippen molar-refractivity contribution >= 4 is 11.0 Å². The summed E-state index contributed by atoms with van der Waals surface area (Å²) < 4.78 is 52.3. The van der Waals surface area contributed by atoms with Crippen LogP contribution in [0.2, 0.25) is 0 Å². The van der Waals surface area contributed by atoms with Gasteiger partial charge in [-0.2, -0.15) is 18.3 Å². The van der Waals surface area contributed by atoms with E-state index in [0.717, 1.165) is 33.7 Å². The molecule has 1 N–H and O–H groups in total. The number of hydrogen-bond donors (Lipinski definition) is 1. The van der Waals surface area contributed by atoms with Gasteiger partial charge in [0.15, 0.2) is 11.5 Å². The first-order valence-corrected chi connectivity index (χ1v) is 10.7. The first-order chi connectivity index (χ1) is 16.9. The number of halogens is 3. The molecule has 3 aromatic heterocycles. The number of aromatic amines is 1. The Bertz CT molecular complexity index is 1500. The van der Waals surface area contributed by atoms with E-state index < -0.39 is 11.7 Å². The van der Waals surface area contributed by atoms with Crippen molar-refractivity contribution in [1.29, 1.82) is 0 Å². The average Bonchev–Trinajstić information content (AvgIpc) is 3.49. The molecule has 3 heterocycles. The third kappa shape index (κ3) is 4.32. The van der Waals surface area contributed by atoms with Gasteiger partial charge in [-0.1, -0.05) is 24.3 Å². The van der Waals surface area contributed by atoms with Crippen molar-refractivity contribution in [3.63, 3.8) is 0 Å². The third-order valence-electron chi connectivity index (χ3n) is 5.85. The fourth-order valence-corrected chi connectivity index (χ4v) is 4.11. The highest BCUT2D eigenvalue weighted by atomic mass is 19.4. The molecule has 0 amide bonds. The van der Waals surface area contributed by atoms with Gasteiger partial charge in [-0.05, 0) is 35.4 Å². The molecule has 0 fully saturated rings. The second-order valence-corrected chi connectivity index (χ2v) is 7.97. The standard InChI is InChI=1S/C26H21F3N4O2/c1-34-23-8-7-16(10-24(23)35-2)18-9-20-21(13-31-25(20)30-11-18)19-12-32-33(15-19)14-17-5-3-4-6-22(17)26(27,28)29/h3-13,15H,14H2,1-2H3,(H,30,31). The van der Waals surface area contributed by atoms with E-state index in [-0.39, 0.29) is 12.1 Å². The summed E-state index contributed by atoms with van der Waals surface area (Å²) in [5.41, 5.74) is 3.60. The highest BCUT2D eigenvalue weighted by Crippen LogP contribution is 2.35. The smallest absolute Gasteiger partial charge is 0.416 e. The number of fused-ring (bicyclic) bond motifs is 1. The predicted molar refractivity (Wildman–Crippen MR) is 126 cm³/mol. The highest BCUT2D eigenvalue weighted by Gasteiger charge is 2.32.